The Morgan fingerprint density at radius 3 is 2.34 bits per heavy atom. The molecule has 4 rings (SSSR count). The van der Waals surface area contributed by atoms with Crippen molar-refractivity contribution in [3.63, 3.8) is 0 Å². The maximum atomic E-state index is 12.4. The van der Waals surface area contributed by atoms with Crippen molar-refractivity contribution in [1.82, 2.24) is 10.6 Å². The molecule has 0 radical (unpaired) electrons. The number of furan rings is 1. The molecule has 8 heteroatoms. The topological polar surface area (TPSA) is 100 Å². The van der Waals surface area contributed by atoms with E-state index in [-0.39, 0.29) is 30.2 Å². The van der Waals surface area contributed by atoms with E-state index >= 15 is 0 Å². The fourth-order valence-electron chi connectivity index (χ4n) is 4.07. The lowest BCUT2D eigenvalue weighted by Gasteiger charge is -2.33. The number of aryl methyl sites for hydroxylation is 1. The third kappa shape index (κ3) is 4.24. The van der Waals surface area contributed by atoms with Gasteiger partial charge >= 0.3 is 0 Å². The van der Waals surface area contributed by atoms with Gasteiger partial charge < -0.3 is 20.4 Å². The second-order valence-corrected chi connectivity index (χ2v) is 10.2. The number of carbonyl (C=O) groups is 3. The van der Waals surface area contributed by atoms with Gasteiger partial charge in [-0.1, -0.05) is 36.7 Å². The van der Waals surface area contributed by atoms with Crippen molar-refractivity contribution in [3.8, 4) is 0 Å². The van der Waals surface area contributed by atoms with Crippen LogP contribution in [0.25, 0.3) is 0 Å². The van der Waals surface area contributed by atoms with Crippen molar-refractivity contribution < 1.29 is 18.8 Å². The summed E-state index contributed by atoms with van der Waals surface area (Å²) in [6.07, 6.45) is -0.0833. The molecule has 2 aromatic rings. The van der Waals surface area contributed by atoms with E-state index in [2.05, 4.69) is 52.7 Å². The largest absolute Gasteiger partial charge is 0.464 e. The number of anilines is 1. The summed E-state index contributed by atoms with van der Waals surface area (Å²) >= 11 is 3.49. The average molecular weight is 500 g/mol. The van der Waals surface area contributed by atoms with Gasteiger partial charge in [-0.25, -0.2) is 0 Å². The minimum absolute atomic E-state index is 0.0294. The lowest BCUT2D eigenvalue weighted by Crippen LogP contribution is -2.37. The van der Waals surface area contributed by atoms with E-state index < -0.39 is 11.6 Å². The summed E-state index contributed by atoms with van der Waals surface area (Å²) in [5.74, 6) is 0.512. The number of hydrogen-bond donors (Lipinski definition) is 3. The standard InChI is InChI=1S/C24H26BrN3O4/c1-12-5-8-20(32-12)22(24(2,3)4)28-17-10-19(30)18(29)9-16(17)27-15-7-6-14(25)13-11-26-23(31)21(13)15/h5-8,22,27-28H,9-11H2,1-4H3,(H,26,31)/t22-/m0/s1. The van der Waals surface area contributed by atoms with Crippen LogP contribution in [0, 0.1) is 12.3 Å². The van der Waals surface area contributed by atoms with E-state index in [1.54, 1.807) is 6.07 Å². The number of hydrogen-bond acceptors (Lipinski definition) is 6. The van der Waals surface area contributed by atoms with Gasteiger partial charge in [0.2, 0.25) is 11.6 Å². The number of ketones is 2. The smallest absolute Gasteiger partial charge is 0.254 e. The molecule has 0 bridgehead atoms. The Bertz CT molecular complexity index is 1160. The lowest BCUT2D eigenvalue weighted by molar-refractivity contribution is -0.136. The summed E-state index contributed by atoms with van der Waals surface area (Å²) in [6.45, 7) is 8.57. The lowest BCUT2D eigenvalue weighted by atomic mass is 9.84. The van der Waals surface area contributed by atoms with E-state index in [1.165, 1.54) is 0 Å². The van der Waals surface area contributed by atoms with E-state index in [9.17, 15) is 14.4 Å². The molecule has 3 N–H and O–H groups in total. The monoisotopic (exact) mass is 499 g/mol. The van der Waals surface area contributed by atoms with Crippen molar-refractivity contribution in [2.75, 3.05) is 5.32 Å². The van der Waals surface area contributed by atoms with Gasteiger partial charge in [-0.2, -0.15) is 0 Å². The molecular weight excluding hydrogens is 474 g/mol. The van der Waals surface area contributed by atoms with Crippen LogP contribution in [-0.2, 0) is 16.1 Å². The summed E-state index contributed by atoms with van der Waals surface area (Å²) in [5.41, 5.74) is 3.02. The molecule has 0 unspecified atom stereocenters. The molecule has 1 aliphatic heterocycles. The highest BCUT2D eigenvalue weighted by Crippen LogP contribution is 2.37. The molecule has 1 aromatic carbocycles. The molecule has 32 heavy (non-hydrogen) atoms. The molecule has 2 heterocycles. The van der Waals surface area contributed by atoms with Crippen molar-refractivity contribution in [2.45, 2.75) is 53.1 Å². The van der Waals surface area contributed by atoms with E-state index in [0.717, 1.165) is 21.6 Å². The Labute approximate surface area is 195 Å². The molecule has 2 aliphatic rings. The van der Waals surface area contributed by atoms with Crippen LogP contribution in [0.15, 0.2) is 44.5 Å². The molecule has 0 fully saturated rings. The quantitative estimate of drug-likeness (QED) is 0.522. The maximum absolute atomic E-state index is 12.4. The Morgan fingerprint density at radius 2 is 1.72 bits per heavy atom. The number of Topliss-reactive ketones (excluding diaryl/α,β-unsaturated/α-hetero) is 2. The molecule has 168 valence electrons. The van der Waals surface area contributed by atoms with Crippen LogP contribution in [0.3, 0.4) is 0 Å². The number of rotatable bonds is 5. The molecule has 1 aliphatic carbocycles. The number of allylic oxidation sites excluding steroid dienone is 2. The van der Waals surface area contributed by atoms with Crippen LogP contribution in [0.2, 0.25) is 0 Å². The summed E-state index contributed by atoms with van der Waals surface area (Å²) < 4.78 is 6.73. The first-order valence-corrected chi connectivity index (χ1v) is 11.3. The van der Waals surface area contributed by atoms with Crippen LogP contribution in [0.1, 0.15) is 67.1 Å². The second kappa shape index (κ2) is 8.24. The molecule has 0 saturated carbocycles. The first-order valence-electron chi connectivity index (χ1n) is 10.5. The Balaban J connectivity index is 1.74. The highest BCUT2D eigenvalue weighted by atomic mass is 79.9. The molecule has 1 amide bonds. The first-order chi connectivity index (χ1) is 15.0. The number of nitrogens with one attached hydrogen (secondary N) is 3. The van der Waals surface area contributed by atoms with Crippen LogP contribution < -0.4 is 16.0 Å². The normalized spacial score (nSPS) is 17.3. The Hall–Kier alpha value is -2.87. The van der Waals surface area contributed by atoms with Gasteiger partial charge in [0.05, 0.1) is 30.1 Å². The summed E-state index contributed by atoms with van der Waals surface area (Å²) in [6, 6.07) is 7.28. The van der Waals surface area contributed by atoms with Gasteiger partial charge in [0, 0.05) is 28.0 Å². The fourth-order valence-corrected chi connectivity index (χ4v) is 4.54. The maximum Gasteiger partial charge on any atom is 0.254 e. The third-order valence-corrected chi connectivity index (χ3v) is 6.52. The van der Waals surface area contributed by atoms with Gasteiger partial charge in [-0.15, -0.1) is 0 Å². The predicted octanol–water partition coefficient (Wildman–Crippen LogP) is 4.53. The minimum atomic E-state index is -0.447. The molecule has 0 saturated heterocycles. The first kappa shape index (κ1) is 22.3. The third-order valence-electron chi connectivity index (χ3n) is 5.77. The van der Waals surface area contributed by atoms with Gasteiger partial charge in [0.25, 0.3) is 5.91 Å². The number of benzene rings is 1. The Morgan fingerprint density at radius 1 is 1.03 bits per heavy atom. The molecule has 7 nitrogen and oxygen atoms in total. The second-order valence-electron chi connectivity index (χ2n) is 9.30. The average Bonchev–Trinajstić information content (AvgIpc) is 3.31. The van der Waals surface area contributed by atoms with E-state index in [0.29, 0.717) is 29.2 Å². The fraction of sp³-hybridized carbons (Fsp3) is 0.375. The number of fused-ring (bicyclic) bond motifs is 1. The van der Waals surface area contributed by atoms with Gasteiger partial charge in [-0.05, 0) is 36.6 Å². The highest BCUT2D eigenvalue weighted by molar-refractivity contribution is 9.10. The van der Waals surface area contributed by atoms with Crippen molar-refractivity contribution in [2.24, 2.45) is 5.41 Å². The van der Waals surface area contributed by atoms with Crippen molar-refractivity contribution in [1.29, 1.82) is 0 Å². The minimum Gasteiger partial charge on any atom is -0.464 e. The summed E-state index contributed by atoms with van der Waals surface area (Å²) in [7, 11) is 0. The van der Waals surface area contributed by atoms with Gasteiger partial charge in [0.15, 0.2) is 0 Å². The zero-order chi connectivity index (χ0) is 23.2. The number of amides is 1. The Kier molecular flexibility index (Phi) is 5.75. The molecule has 1 aromatic heterocycles. The van der Waals surface area contributed by atoms with Crippen LogP contribution >= 0.6 is 15.9 Å². The van der Waals surface area contributed by atoms with Crippen LogP contribution in [0.5, 0.6) is 0 Å². The van der Waals surface area contributed by atoms with Gasteiger partial charge in [0.1, 0.15) is 11.5 Å². The molecular formula is C24H26BrN3O4. The van der Waals surface area contributed by atoms with E-state index in [4.69, 9.17) is 4.42 Å². The summed E-state index contributed by atoms with van der Waals surface area (Å²) in [5, 5.41) is 9.60. The highest BCUT2D eigenvalue weighted by Gasteiger charge is 2.34. The van der Waals surface area contributed by atoms with E-state index in [1.807, 2.05) is 25.1 Å². The molecule has 1 atom stereocenters. The number of carbonyl (C=O) groups excluding carboxylic acids is 3. The van der Waals surface area contributed by atoms with Crippen LogP contribution in [-0.4, -0.2) is 17.5 Å². The van der Waals surface area contributed by atoms with Gasteiger partial charge in [-0.3, -0.25) is 14.4 Å². The molecule has 0 spiro atoms. The van der Waals surface area contributed by atoms with Crippen LogP contribution in [0.4, 0.5) is 5.69 Å². The summed E-state index contributed by atoms with van der Waals surface area (Å²) in [4.78, 5) is 37.0. The van der Waals surface area contributed by atoms with Crippen molar-refractivity contribution in [3.05, 3.63) is 62.8 Å². The zero-order valence-corrected chi connectivity index (χ0v) is 20.1. The predicted molar refractivity (Wildman–Crippen MR) is 124 cm³/mol. The zero-order valence-electron chi connectivity index (χ0n) is 18.5. The number of halogens is 1. The SMILES string of the molecule is Cc1ccc([C@H](NC2=C(Nc3ccc(Br)c4c3C(=O)NC4)CC(=O)C(=O)C2)C(C)(C)C)o1. The van der Waals surface area contributed by atoms with Crippen molar-refractivity contribution >= 4 is 39.1 Å².